The van der Waals surface area contributed by atoms with Crippen LogP contribution in [0.1, 0.15) is 13.2 Å². The van der Waals surface area contributed by atoms with Gasteiger partial charge < -0.3 is 40.4 Å². The number of rotatable bonds is 6. The first-order valence-corrected chi connectivity index (χ1v) is 9.53. The van der Waals surface area contributed by atoms with Gasteiger partial charge in [0.05, 0.1) is 12.9 Å². The lowest BCUT2D eigenvalue weighted by atomic mass is 10.1. The third kappa shape index (κ3) is 3.98. The van der Waals surface area contributed by atoms with E-state index in [-0.39, 0.29) is 17.0 Å². The number of ether oxygens (including phenoxy) is 1. The van der Waals surface area contributed by atoms with Gasteiger partial charge in [0.15, 0.2) is 23.7 Å². The maximum absolute atomic E-state index is 11.7. The van der Waals surface area contributed by atoms with Crippen LogP contribution in [0.25, 0.3) is 11.2 Å². The van der Waals surface area contributed by atoms with Gasteiger partial charge in [-0.3, -0.25) is 9.13 Å². The van der Waals surface area contributed by atoms with E-state index in [1.807, 2.05) is 0 Å². The van der Waals surface area contributed by atoms with Gasteiger partial charge in [-0.15, -0.1) is 0 Å². The molecule has 0 aromatic carbocycles. The van der Waals surface area contributed by atoms with Crippen LogP contribution < -0.4 is 16.4 Å². The van der Waals surface area contributed by atoms with Crippen molar-refractivity contribution in [1.29, 1.82) is 0 Å². The molecule has 0 bridgehead atoms. The largest absolute Gasteiger partial charge is 0.746 e. The van der Waals surface area contributed by atoms with E-state index < -0.39 is 51.0 Å². The van der Waals surface area contributed by atoms with Crippen LogP contribution in [-0.2, 0) is 23.1 Å². The molecule has 3 heterocycles. The number of nitrogen functional groups attached to an aromatic ring is 1. The third-order valence-corrected chi connectivity index (χ3v) is 4.87. The number of aliphatic hydroxyl groups is 2. The van der Waals surface area contributed by atoms with Crippen molar-refractivity contribution in [2.75, 3.05) is 12.3 Å². The van der Waals surface area contributed by atoms with E-state index in [1.165, 1.54) is 24.1 Å². The number of carbonyl (C=O) groups is 1. The lowest BCUT2D eigenvalue weighted by molar-refractivity contribution is -0.402. The number of imidazole rings is 1. The fourth-order valence-electron chi connectivity index (χ4n) is 2.54. The minimum Gasteiger partial charge on any atom is -0.746 e. The number of aliphatic hydroxyl groups excluding tert-OH is 2. The summed E-state index contributed by atoms with van der Waals surface area (Å²) >= 11 is 0. The molecule has 1 unspecified atom stereocenters. The smallest absolute Gasteiger partial charge is 0.370 e. The molecule has 154 valence electrons. The average Bonchev–Trinajstić information content (AvgIpc) is 3.16. The van der Waals surface area contributed by atoms with Crippen molar-refractivity contribution >= 4 is 30.8 Å². The summed E-state index contributed by atoms with van der Waals surface area (Å²) in [7, 11) is -5.00. The number of hydrogen-bond donors (Lipinski definition) is 4. The zero-order valence-electron chi connectivity index (χ0n) is 14.6. The van der Waals surface area contributed by atoms with E-state index in [0.717, 1.165) is 0 Å². The molecule has 15 heteroatoms. The van der Waals surface area contributed by atoms with Crippen LogP contribution in [0.4, 0.5) is 5.82 Å². The molecule has 1 aliphatic heterocycles. The Hall–Kier alpha value is -2.19. The molecule has 14 nitrogen and oxygen atoms in total. The van der Waals surface area contributed by atoms with Gasteiger partial charge >= 0.3 is 13.8 Å². The molecular formula is C13H19N6O8P. The zero-order chi connectivity index (χ0) is 20.6. The molecule has 0 saturated carbocycles. The van der Waals surface area contributed by atoms with E-state index in [9.17, 15) is 24.5 Å². The third-order valence-electron chi connectivity index (χ3n) is 4.00. The van der Waals surface area contributed by atoms with Gasteiger partial charge in [-0.05, 0) is 6.92 Å². The van der Waals surface area contributed by atoms with Crippen molar-refractivity contribution < 1.29 is 44.0 Å². The molecule has 6 atom stereocenters. The summed E-state index contributed by atoms with van der Waals surface area (Å²) < 4.78 is 27.3. The second-order valence-electron chi connectivity index (χ2n) is 6.18. The molecular weight excluding hydrogens is 399 g/mol. The first-order valence-electron chi connectivity index (χ1n) is 8.07. The number of anilines is 1. The lowest BCUT2D eigenvalue weighted by Crippen LogP contribution is -2.63. The van der Waals surface area contributed by atoms with E-state index >= 15 is 0 Å². The fraction of sp³-hybridized carbons (Fsp3) is 0.538. The van der Waals surface area contributed by atoms with Gasteiger partial charge in [-0.2, -0.15) is 0 Å². The van der Waals surface area contributed by atoms with Crippen LogP contribution in [0.15, 0.2) is 12.7 Å². The Morgan fingerprint density at radius 3 is 2.86 bits per heavy atom. The van der Waals surface area contributed by atoms with Crippen molar-refractivity contribution in [3.63, 3.8) is 0 Å². The van der Waals surface area contributed by atoms with Crippen LogP contribution in [0.2, 0.25) is 0 Å². The van der Waals surface area contributed by atoms with Crippen LogP contribution in [0, 0.1) is 0 Å². The number of nitrogens with zero attached hydrogens (tertiary/aromatic N) is 4. The van der Waals surface area contributed by atoms with Crippen LogP contribution in [0.5, 0.6) is 0 Å². The minimum atomic E-state index is -5.00. The second-order valence-corrected chi connectivity index (χ2v) is 7.52. The molecule has 3 rings (SSSR count). The number of phosphoric ester groups is 1. The quantitative estimate of drug-likeness (QED) is 0.338. The SMILES string of the molecule is C[C@@H]([NH3+])C(=O)OP(=O)([O-])OC[C@H]1O[C@@H](n2cnc3c(N)ncnc32)[C@H](O)[C@@H]1O. The summed E-state index contributed by atoms with van der Waals surface area (Å²) in [5.74, 6) is -0.975. The summed E-state index contributed by atoms with van der Waals surface area (Å²) in [5.41, 5.74) is 9.56. The summed E-state index contributed by atoms with van der Waals surface area (Å²) in [6, 6.07) is -0.922. The summed E-state index contributed by atoms with van der Waals surface area (Å²) in [5, 5.41) is 20.4. The average molecular weight is 418 g/mol. The number of carbonyl (C=O) groups excluding carboxylic acids is 1. The van der Waals surface area contributed by atoms with E-state index in [0.29, 0.717) is 0 Å². The molecule has 1 fully saturated rings. The Balaban J connectivity index is 1.71. The normalized spacial score (nSPS) is 28.2. The predicted octanol–water partition coefficient (Wildman–Crippen LogP) is -3.31. The van der Waals surface area contributed by atoms with Gasteiger partial charge in [0, 0.05) is 0 Å². The Morgan fingerprint density at radius 1 is 1.46 bits per heavy atom. The molecule has 0 amide bonds. The van der Waals surface area contributed by atoms with Gasteiger partial charge in [-0.1, -0.05) is 0 Å². The predicted molar refractivity (Wildman–Crippen MR) is 87.7 cm³/mol. The maximum Gasteiger partial charge on any atom is 0.370 e. The number of quaternary nitrogens is 1. The van der Waals surface area contributed by atoms with Gasteiger partial charge in [-0.25, -0.2) is 19.7 Å². The van der Waals surface area contributed by atoms with Crippen LogP contribution in [-0.4, -0.2) is 66.7 Å². The summed E-state index contributed by atoms with van der Waals surface area (Å²) in [4.78, 5) is 34.9. The van der Waals surface area contributed by atoms with Crippen LogP contribution >= 0.6 is 7.82 Å². The maximum atomic E-state index is 11.7. The van der Waals surface area contributed by atoms with E-state index in [2.05, 4.69) is 29.7 Å². The Kier molecular flexibility index (Phi) is 5.63. The molecule has 1 aliphatic rings. The summed E-state index contributed by atoms with van der Waals surface area (Å²) in [6.07, 6.45) is -2.85. The van der Waals surface area contributed by atoms with Crippen molar-refractivity contribution in [2.24, 2.45) is 0 Å². The number of nitrogens with two attached hydrogens (primary N) is 1. The Labute approximate surface area is 157 Å². The highest BCUT2D eigenvalue weighted by atomic mass is 31.2. The highest BCUT2D eigenvalue weighted by molar-refractivity contribution is 7.46. The van der Waals surface area contributed by atoms with E-state index in [1.54, 1.807) is 0 Å². The minimum absolute atomic E-state index is 0.116. The lowest BCUT2D eigenvalue weighted by Gasteiger charge is -2.24. The van der Waals surface area contributed by atoms with E-state index in [4.69, 9.17) is 10.5 Å². The van der Waals surface area contributed by atoms with Crippen molar-refractivity contribution in [2.45, 2.75) is 37.5 Å². The molecule has 2 aromatic heterocycles. The number of phosphoric acid groups is 1. The van der Waals surface area contributed by atoms with Crippen LogP contribution in [0.3, 0.4) is 0 Å². The van der Waals surface area contributed by atoms with Gasteiger partial charge in [0.2, 0.25) is 0 Å². The van der Waals surface area contributed by atoms with Crippen molar-refractivity contribution in [3.05, 3.63) is 12.7 Å². The Morgan fingerprint density at radius 2 is 2.18 bits per heavy atom. The Bertz CT molecular complexity index is 922. The topological polar surface area (TPSA) is 223 Å². The molecule has 7 N–H and O–H groups in total. The van der Waals surface area contributed by atoms with Gasteiger partial charge in [0.1, 0.15) is 30.2 Å². The number of aromatic nitrogens is 4. The molecule has 1 saturated heterocycles. The van der Waals surface area contributed by atoms with Crippen molar-refractivity contribution in [1.82, 2.24) is 19.5 Å². The highest BCUT2D eigenvalue weighted by Gasteiger charge is 2.45. The monoisotopic (exact) mass is 418 g/mol. The first kappa shape index (κ1) is 20.5. The number of hydrogen-bond acceptors (Lipinski definition) is 12. The number of fused-ring (bicyclic) bond motifs is 1. The van der Waals surface area contributed by atoms with Crippen molar-refractivity contribution in [3.8, 4) is 0 Å². The molecule has 2 aromatic rings. The molecule has 28 heavy (non-hydrogen) atoms. The molecule has 0 aliphatic carbocycles. The fourth-order valence-corrected chi connectivity index (χ4v) is 3.33. The molecule has 0 radical (unpaired) electrons. The molecule has 0 spiro atoms. The summed E-state index contributed by atoms with van der Waals surface area (Å²) in [6.45, 7) is 0.650. The van der Waals surface area contributed by atoms with Gasteiger partial charge in [0.25, 0.3) is 0 Å². The second kappa shape index (κ2) is 7.67. The highest BCUT2D eigenvalue weighted by Crippen LogP contribution is 2.40. The standard InChI is InChI=1S/C13H19N6O8P/c1-5(14)13(22)27-28(23,24)25-2-6-8(20)9(21)12(26-6)19-4-18-7-10(15)16-3-17-11(7)19/h3-6,8-9,12,20-21H,2,14H2,1H3,(H,23,24)(H2,15,16,17)/t5-,6-,8-,9-,12-/m1/s1. The first-order chi connectivity index (χ1) is 13.1. The zero-order valence-corrected chi connectivity index (χ0v) is 15.5.